The molecule has 0 aliphatic carbocycles. The molecule has 4 unspecified atom stereocenters. The van der Waals surface area contributed by atoms with Crippen LogP contribution < -0.4 is 38.9 Å². The summed E-state index contributed by atoms with van der Waals surface area (Å²) in [7, 11) is 0. The van der Waals surface area contributed by atoms with Gasteiger partial charge < -0.3 is 49.0 Å². The number of carbonyl (C=O) groups excluding carboxylic acids is 3. The Bertz CT molecular complexity index is 894. The molecule has 0 spiro atoms. The van der Waals surface area contributed by atoms with E-state index in [1.54, 1.807) is 0 Å². The number of carboxylic acid groups (broad SMARTS) is 1. The van der Waals surface area contributed by atoms with Crippen LogP contribution in [0.2, 0.25) is 0 Å². The molecule has 13 N–H and O–H groups in total. The van der Waals surface area contributed by atoms with Crippen LogP contribution in [0.5, 0.6) is 0 Å². The van der Waals surface area contributed by atoms with Crippen LogP contribution >= 0.6 is 12.6 Å². The summed E-state index contributed by atoms with van der Waals surface area (Å²) < 4.78 is 0. The third-order valence-electron chi connectivity index (χ3n) is 5.29. The first kappa shape index (κ1) is 31.7. The van der Waals surface area contributed by atoms with E-state index in [1.807, 2.05) is 0 Å². The fourth-order valence-corrected chi connectivity index (χ4v) is 3.50. The first-order chi connectivity index (χ1) is 17.6. The molecule has 0 saturated heterocycles. The first-order valence-corrected chi connectivity index (χ1v) is 12.4. The number of rotatable bonds is 18. The number of nitrogens with one attached hydrogen (secondary N) is 4. The van der Waals surface area contributed by atoms with Gasteiger partial charge in [-0.05, 0) is 32.2 Å². The van der Waals surface area contributed by atoms with Gasteiger partial charge >= 0.3 is 5.97 Å². The van der Waals surface area contributed by atoms with Crippen molar-refractivity contribution >= 4 is 42.3 Å². The van der Waals surface area contributed by atoms with Gasteiger partial charge in [-0.3, -0.25) is 19.4 Å². The standard InChI is InChI=1S/C21H38N10O5S/c22-6-2-1-4-13(23)17(32)31-16(10-37)19(34)29-14(5-3-7-27-21(24)25)18(33)30-15(20(35)36)8-12-9-26-11-28-12/h9,11,13-16,37H,1-8,10,22-23H2,(H,26,28)(H,29,34)(H,30,33)(H,31,32)(H,35,36)(H4,24,25,27). The highest BCUT2D eigenvalue weighted by atomic mass is 32.1. The number of aromatic amines is 1. The molecular formula is C21H38N10O5S. The monoisotopic (exact) mass is 542 g/mol. The molecule has 0 aliphatic rings. The number of amides is 3. The van der Waals surface area contributed by atoms with Crippen LogP contribution in [0.15, 0.2) is 17.5 Å². The summed E-state index contributed by atoms with van der Waals surface area (Å²) in [6, 6.07) is -4.33. The highest BCUT2D eigenvalue weighted by Gasteiger charge is 2.30. The van der Waals surface area contributed by atoms with Crippen molar-refractivity contribution in [1.82, 2.24) is 25.9 Å². The van der Waals surface area contributed by atoms with Crippen molar-refractivity contribution in [3.63, 3.8) is 0 Å². The Hall–Kier alpha value is -3.37. The molecule has 1 rings (SSSR count). The quantitative estimate of drug-likeness (QED) is 0.0387. The van der Waals surface area contributed by atoms with Crippen molar-refractivity contribution in [2.24, 2.45) is 27.9 Å². The number of nitrogens with two attached hydrogens (primary N) is 4. The minimum Gasteiger partial charge on any atom is -0.480 e. The van der Waals surface area contributed by atoms with Gasteiger partial charge in [0.15, 0.2) is 5.96 Å². The van der Waals surface area contributed by atoms with Crippen LogP contribution in [0.4, 0.5) is 0 Å². The van der Waals surface area contributed by atoms with Gasteiger partial charge in [0.1, 0.15) is 18.1 Å². The molecule has 15 nitrogen and oxygen atoms in total. The molecular weight excluding hydrogens is 504 g/mol. The molecule has 0 aliphatic heterocycles. The highest BCUT2D eigenvalue weighted by Crippen LogP contribution is 2.05. The lowest BCUT2D eigenvalue weighted by molar-refractivity contribution is -0.142. The molecule has 208 valence electrons. The van der Waals surface area contributed by atoms with E-state index in [4.69, 9.17) is 22.9 Å². The molecule has 0 fully saturated rings. The van der Waals surface area contributed by atoms with E-state index in [0.717, 1.165) is 0 Å². The fourth-order valence-electron chi connectivity index (χ4n) is 3.25. The second-order valence-corrected chi connectivity index (χ2v) is 8.69. The molecule has 0 bridgehead atoms. The van der Waals surface area contributed by atoms with E-state index in [-0.39, 0.29) is 31.1 Å². The molecule has 0 radical (unpaired) electrons. The molecule has 1 heterocycles. The zero-order valence-corrected chi connectivity index (χ0v) is 21.5. The number of aromatic nitrogens is 2. The predicted molar refractivity (Wildman–Crippen MR) is 140 cm³/mol. The summed E-state index contributed by atoms with van der Waals surface area (Å²) in [6.45, 7) is 0.663. The maximum absolute atomic E-state index is 13.0. The van der Waals surface area contributed by atoms with E-state index in [0.29, 0.717) is 37.9 Å². The predicted octanol–water partition coefficient (Wildman–Crippen LogP) is -3.07. The Labute approximate surface area is 220 Å². The Kier molecular flexibility index (Phi) is 14.7. The second kappa shape index (κ2) is 17.1. The molecule has 0 saturated carbocycles. The number of unbranched alkanes of at least 4 members (excludes halogenated alkanes) is 1. The first-order valence-electron chi connectivity index (χ1n) is 11.8. The van der Waals surface area contributed by atoms with E-state index < -0.39 is 47.9 Å². The molecule has 37 heavy (non-hydrogen) atoms. The van der Waals surface area contributed by atoms with Crippen molar-refractivity contribution in [1.29, 1.82) is 0 Å². The van der Waals surface area contributed by atoms with Gasteiger partial charge in [0.2, 0.25) is 17.7 Å². The summed E-state index contributed by atoms with van der Waals surface area (Å²) >= 11 is 4.13. The van der Waals surface area contributed by atoms with Crippen LogP contribution in [0.3, 0.4) is 0 Å². The second-order valence-electron chi connectivity index (χ2n) is 8.33. The largest absolute Gasteiger partial charge is 0.480 e. The van der Waals surface area contributed by atoms with Crippen LogP contribution in [0.25, 0.3) is 0 Å². The summed E-state index contributed by atoms with van der Waals surface area (Å²) in [5, 5.41) is 17.1. The maximum Gasteiger partial charge on any atom is 0.326 e. The topological polar surface area (TPSA) is 270 Å². The van der Waals surface area contributed by atoms with Gasteiger partial charge in [-0.2, -0.15) is 12.6 Å². The zero-order chi connectivity index (χ0) is 27.8. The third-order valence-corrected chi connectivity index (χ3v) is 5.66. The zero-order valence-electron chi connectivity index (χ0n) is 20.6. The lowest BCUT2D eigenvalue weighted by Gasteiger charge is -2.24. The maximum atomic E-state index is 13.0. The highest BCUT2D eigenvalue weighted by molar-refractivity contribution is 7.80. The SMILES string of the molecule is NCCCCC(N)C(=O)NC(CS)C(=O)NC(CCCN=C(N)N)C(=O)NC(Cc1cnc[nH]1)C(=O)O. The van der Waals surface area contributed by atoms with Crippen LogP contribution in [0, 0.1) is 0 Å². The van der Waals surface area contributed by atoms with Gasteiger partial charge in [-0.25, -0.2) is 9.78 Å². The smallest absolute Gasteiger partial charge is 0.326 e. The number of guanidine groups is 1. The summed E-state index contributed by atoms with van der Waals surface area (Å²) in [5.41, 5.74) is 22.5. The Balaban J connectivity index is 2.89. The number of nitrogens with zero attached hydrogens (tertiary/aromatic N) is 2. The van der Waals surface area contributed by atoms with Crippen molar-refractivity contribution in [2.45, 2.75) is 62.7 Å². The van der Waals surface area contributed by atoms with Gasteiger partial charge in [-0.15, -0.1) is 0 Å². The van der Waals surface area contributed by atoms with E-state index >= 15 is 0 Å². The lowest BCUT2D eigenvalue weighted by atomic mass is 10.1. The normalized spacial score (nSPS) is 14.0. The molecule has 3 amide bonds. The van der Waals surface area contributed by atoms with Gasteiger partial charge in [0.25, 0.3) is 0 Å². The molecule has 16 heteroatoms. The third kappa shape index (κ3) is 12.4. The minimum atomic E-state index is -1.28. The van der Waals surface area contributed by atoms with E-state index in [2.05, 4.69) is 43.5 Å². The van der Waals surface area contributed by atoms with Crippen molar-refractivity contribution in [3.05, 3.63) is 18.2 Å². The number of imidazole rings is 1. The number of aliphatic imine (C=N–C) groups is 1. The number of hydrogen-bond acceptors (Lipinski definition) is 9. The van der Waals surface area contributed by atoms with E-state index in [1.165, 1.54) is 12.5 Å². The average molecular weight is 543 g/mol. The Morgan fingerprint density at radius 3 is 2.22 bits per heavy atom. The molecule has 4 atom stereocenters. The van der Waals surface area contributed by atoms with Gasteiger partial charge in [0.05, 0.1) is 12.4 Å². The van der Waals surface area contributed by atoms with Crippen LogP contribution in [-0.4, -0.2) is 87.7 Å². The van der Waals surface area contributed by atoms with Crippen LogP contribution in [0.1, 0.15) is 37.8 Å². The number of thiol groups is 1. The number of aliphatic carboxylic acids is 1. The van der Waals surface area contributed by atoms with Crippen molar-refractivity contribution in [3.8, 4) is 0 Å². The number of hydrogen-bond donors (Lipinski definition) is 10. The van der Waals surface area contributed by atoms with Crippen molar-refractivity contribution < 1.29 is 24.3 Å². The molecule has 0 aromatic carbocycles. The Morgan fingerprint density at radius 2 is 1.65 bits per heavy atom. The van der Waals surface area contributed by atoms with Crippen molar-refractivity contribution in [2.75, 3.05) is 18.8 Å². The fraction of sp³-hybridized carbons (Fsp3) is 0.619. The average Bonchev–Trinajstić information content (AvgIpc) is 3.36. The summed E-state index contributed by atoms with van der Waals surface area (Å²) in [4.78, 5) is 60.5. The number of carbonyl (C=O) groups is 4. The van der Waals surface area contributed by atoms with E-state index in [9.17, 15) is 24.3 Å². The van der Waals surface area contributed by atoms with Crippen LogP contribution in [-0.2, 0) is 25.6 Å². The van der Waals surface area contributed by atoms with Gasteiger partial charge in [0, 0.05) is 30.6 Å². The number of H-pyrrole nitrogens is 1. The molecule has 1 aromatic heterocycles. The minimum absolute atomic E-state index is 0.0485. The Morgan fingerprint density at radius 1 is 1.00 bits per heavy atom. The molecule has 1 aromatic rings. The van der Waals surface area contributed by atoms with Gasteiger partial charge in [-0.1, -0.05) is 6.42 Å². The summed E-state index contributed by atoms with van der Waals surface area (Å²) in [5.74, 6) is -3.40. The summed E-state index contributed by atoms with van der Waals surface area (Å²) in [6.07, 6.45) is 4.95. The lowest BCUT2D eigenvalue weighted by Crippen LogP contribution is -2.57. The number of carboxylic acids is 1.